The van der Waals surface area contributed by atoms with E-state index in [9.17, 15) is 0 Å². The van der Waals surface area contributed by atoms with Gasteiger partial charge < -0.3 is 10.2 Å². The summed E-state index contributed by atoms with van der Waals surface area (Å²) in [5, 5.41) is 3.31. The summed E-state index contributed by atoms with van der Waals surface area (Å²) in [7, 11) is 0. The fourth-order valence-electron chi connectivity index (χ4n) is 1.02. The van der Waals surface area contributed by atoms with Gasteiger partial charge in [0, 0.05) is 13.1 Å². The summed E-state index contributed by atoms with van der Waals surface area (Å²) >= 11 is 0. The normalized spacial score (nSPS) is 16.6. The minimum absolute atomic E-state index is 1.10. The standard InChI is InChI=1S/C7H16N2.C2H6/c1-2-8-4-7-9-5-3-6-9;1-2/h8H,2-7H2,1H3;1-2H3. The Kier molecular flexibility index (Phi) is 7.96. The lowest BCUT2D eigenvalue weighted by atomic mass is 10.2. The lowest BCUT2D eigenvalue weighted by Crippen LogP contribution is -2.41. The van der Waals surface area contributed by atoms with Crippen LogP contribution < -0.4 is 5.32 Å². The summed E-state index contributed by atoms with van der Waals surface area (Å²) in [5.74, 6) is 0. The maximum Gasteiger partial charge on any atom is 0.0107 e. The van der Waals surface area contributed by atoms with Gasteiger partial charge in [-0.15, -0.1) is 0 Å². The van der Waals surface area contributed by atoms with Crippen molar-refractivity contribution in [3.8, 4) is 0 Å². The molecule has 0 aliphatic carbocycles. The molecule has 0 aromatic carbocycles. The summed E-state index contributed by atoms with van der Waals surface area (Å²) < 4.78 is 0. The van der Waals surface area contributed by atoms with Crippen molar-refractivity contribution < 1.29 is 0 Å². The zero-order chi connectivity index (χ0) is 8.53. The van der Waals surface area contributed by atoms with Crippen molar-refractivity contribution in [2.24, 2.45) is 0 Å². The number of likely N-dealkylation sites (tertiary alicyclic amines) is 1. The smallest absolute Gasteiger partial charge is 0.0107 e. The van der Waals surface area contributed by atoms with Crippen LogP contribution in [0.5, 0.6) is 0 Å². The van der Waals surface area contributed by atoms with Crippen LogP contribution in [0.4, 0.5) is 0 Å². The molecule has 1 N–H and O–H groups in total. The third-order valence-electron chi connectivity index (χ3n) is 1.80. The summed E-state index contributed by atoms with van der Waals surface area (Å²) in [5.41, 5.74) is 0. The molecule has 0 aromatic rings. The predicted octanol–water partition coefficient (Wildman–Crippen LogP) is 1.33. The van der Waals surface area contributed by atoms with Crippen LogP contribution in [-0.4, -0.2) is 37.6 Å². The second kappa shape index (κ2) is 8.02. The van der Waals surface area contributed by atoms with E-state index >= 15 is 0 Å². The van der Waals surface area contributed by atoms with Crippen LogP contribution in [0.1, 0.15) is 27.2 Å². The fourth-order valence-corrected chi connectivity index (χ4v) is 1.02. The molecular formula is C9H22N2. The van der Waals surface area contributed by atoms with Gasteiger partial charge in [0.2, 0.25) is 0 Å². The Morgan fingerprint density at radius 3 is 2.27 bits per heavy atom. The minimum atomic E-state index is 1.10. The summed E-state index contributed by atoms with van der Waals surface area (Å²) in [6.07, 6.45) is 1.41. The Morgan fingerprint density at radius 1 is 1.27 bits per heavy atom. The van der Waals surface area contributed by atoms with E-state index in [1.165, 1.54) is 26.1 Å². The van der Waals surface area contributed by atoms with E-state index in [1.807, 2.05) is 13.8 Å². The molecule has 1 saturated heterocycles. The monoisotopic (exact) mass is 158 g/mol. The third-order valence-corrected chi connectivity index (χ3v) is 1.80. The number of likely N-dealkylation sites (N-methyl/N-ethyl adjacent to an activating group) is 1. The van der Waals surface area contributed by atoms with Crippen LogP contribution in [0.2, 0.25) is 0 Å². The van der Waals surface area contributed by atoms with Gasteiger partial charge in [0.15, 0.2) is 0 Å². The quantitative estimate of drug-likeness (QED) is 0.621. The van der Waals surface area contributed by atoms with Gasteiger partial charge in [-0.1, -0.05) is 20.8 Å². The molecule has 0 saturated carbocycles. The van der Waals surface area contributed by atoms with Gasteiger partial charge in [-0.05, 0) is 26.1 Å². The van der Waals surface area contributed by atoms with Crippen LogP contribution in [0.15, 0.2) is 0 Å². The lowest BCUT2D eigenvalue weighted by molar-refractivity contribution is 0.183. The third kappa shape index (κ3) is 5.22. The van der Waals surface area contributed by atoms with Crippen molar-refractivity contribution in [3.05, 3.63) is 0 Å². The molecule has 0 atom stereocenters. The number of nitrogens with one attached hydrogen (secondary N) is 1. The first kappa shape index (κ1) is 10.9. The van der Waals surface area contributed by atoms with Gasteiger partial charge >= 0.3 is 0 Å². The second-order valence-corrected chi connectivity index (χ2v) is 2.55. The van der Waals surface area contributed by atoms with Crippen LogP contribution in [0, 0.1) is 0 Å². The second-order valence-electron chi connectivity index (χ2n) is 2.55. The lowest BCUT2D eigenvalue weighted by Gasteiger charge is -2.30. The average molecular weight is 158 g/mol. The van der Waals surface area contributed by atoms with E-state index in [1.54, 1.807) is 0 Å². The number of nitrogens with zero attached hydrogens (tertiary/aromatic N) is 1. The molecule has 0 radical (unpaired) electrons. The molecule has 1 rings (SSSR count). The molecule has 0 spiro atoms. The molecule has 1 aliphatic heterocycles. The van der Waals surface area contributed by atoms with E-state index in [0.29, 0.717) is 0 Å². The largest absolute Gasteiger partial charge is 0.316 e. The number of hydrogen-bond acceptors (Lipinski definition) is 2. The van der Waals surface area contributed by atoms with E-state index in [4.69, 9.17) is 0 Å². The Labute approximate surface area is 71.0 Å². The molecule has 0 amide bonds. The average Bonchev–Trinajstić information content (AvgIpc) is 1.99. The summed E-state index contributed by atoms with van der Waals surface area (Å²) in [4.78, 5) is 2.47. The topological polar surface area (TPSA) is 15.3 Å². The van der Waals surface area contributed by atoms with Crippen molar-refractivity contribution in [1.29, 1.82) is 0 Å². The molecule has 1 fully saturated rings. The number of rotatable bonds is 4. The van der Waals surface area contributed by atoms with Crippen LogP contribution in [-0.2, 0) is 0 Å². The summed E-state index contributed by atoms with van der Waals surface area (Å²) in [6, 6.07) is 0. The van der Waals surface area contributed by atoms with Gasteiger partial charge in [-0.25, -0.2) is 0 Å². The van der Waals surface area contributed by atoms with E-state index in [-0.39, 0.29) is 0 Å². The first-order valence-corrected chi connectivity index (χ1v) is 4.86. The van der Waals surface area contributed by atoms with Gasteiger partial charge in [-0.2, -0.15) is 0 Å². The van der Waals surface area contributed by atoms with Crippen molar-refractivity contribution in [2.75, 3.05) is 32.7 Å². The van der Waals surface area contributed by atoms with Crippen LogP contribution in [0.3, 0.4) is 0 Å². The molecule has 0 unspecified atom stereocenters. The molecule has 0 aromatic heterocycles. The van der Waals surface area contributed by atoms with Crippen LogP contribution in [0.25, 0.3) is 0 Å². The first-order chi connectivity index (χ1) is 5.43. The predicted molar refractivity (Wildman–Crippen MR) is 50.9 cm³/mol. The molecule has 0 bridgehead atoms. The molecule has 1 heterocycles. The maximum atomic E-state index is 3.31. The zero-order valence-electron chi connectivity index (χ0n) is 8.19. The first-order valence-electron chi connectivity index (χ1n) is 4.86. The molecule has 2 heteroatoms. The van der Waals surface area contributed by atoms with E-state index < -0.39 is 0 Å². The summed E-state index contributed by atoms with van der Waals surface area (Å²) in [6.45, 7) is 12.3. The molecule has 11 heavy (non-hydrogen) atoms. The SMILES string of the molecule is CC.CCNCCN1CCC1. The van der Waals surface area contributed by atoms with Crippen molar-refractivity contribution in [3.63, 3.8) is 0 Å². The minimum Gasteiger partial charge on any atom is -0.316 e. The van der Waals surface area contributed by atoms with E-state index in [2.05, 4.69) is 17.1 Å². The molecule has 2 nitrogen and oxygen atoms in total. The van der Waals surface area contributed by atoms with Crippen molar-refractivity contribution in [2.45, 2.75) is 27.2 Å². The molecule has 68 valence electrons. The Morgan fingerprint density at radius 2 is 1.91 bits per heavy atom. The van der Waals surface area contributed by atoms with Crippen molar-refractivity contribution in [1.82, 2.24) is 10.2 Å². The highest BCUT2D eigenvalue weighted by molar-refractivity contribution is 4.68. The highest BCUT2D eigenvalue weighted by Gasteiger charge is 2.11. The van der Waals surface area contributed by atoms with Crippen LogP contribution >= 0.6 is 0 Å². The fraction of sp³-hybridized carbons (Fsp3) is 1.00. The molecule has 1 aliphatic rings. The Balaban J connectivity index is 0.000000461. The van der Waals surface area contributed by atoms with Gasteiger partial charge in [-0.3, -0.25) is 0 Å². The highest BCUT2D eigenvalue weighted by Crippen LogP contribution is 2.02. The van der Waals surface area contributed by atoms with Gasteiger partial charge in [0.05, 0.1) is 0 Å². The van der Waals surface area contributed by atoms with Crippen molar-refractivity contribution >= 4 is 0 Å². The number of hydrogen-bond donors (Lipinski definition) is 1. The Bertz CT molecular complexity index is 70.0. The van der Waals surface area contributed by atoms with E-state index in [0.717, 1.165) is 13.1 Å². The highest BCUT2D eigenvalue weighted by atomic mass is 15.2. The van der Waals surface area contributed by atoms with Gasteiger partial charge in [0.1, 0.15) is 0 Å². The van der Waals surface area contributed by atoms with Gasteiger partial charge in [0.25, 0.3) is 0 Å². The maximum absolute atomic E-state index is 3.31. The molecular weight excluding hydrogens is 136 g/mol. The Hall–Kier alpha value is -0.0800. The zero-order valence-corrected chi connectivity index (χ0v) is 8.19.